The van der Waals surface area contributed by atoms with Crippen molar-refractivity contribution < 1.29 is 4.79 Å². The molecule has 1 aliphatic heterocycles. The Morgan fingerprint density at radius 3 is 2.76 bits per heavy atom. The third kappa shape index (κ3) is 2.99. The summed E-state index contributed by atoms with van der Waals surface area (Å²) in [6, 6.07) is 3.93. The maximum atomic E-state index is 11.9. The standard InChI is InChI=1S/C13H16N6OS/c1-8-3-4-11(17-15-8)19-6-10(7-19)5-14-13(20)12-9(2)16-18-21-12/h3-4,10H,5-7H2,1-2H3,(H,14,20). The molecule has 3 rings (SSSR count). The number of anilines is 1. The molecule has 8 heteroatoms. The fourth-order valence-electron chi connectivity index (χ4n) is 2.20. The normalized spacial score (nSPS) is 14.9. The van der Waals surface area contributed by atoms with Crippen molar-refractivity contribution in [3.05, 3.63) is 28.4 Å². The second kappa shape index (κ2) is 5.72. The van der Waals surface area contributed by atoms with E-state index in [4.69, 9.17) is 0 Å². The molecule has 1 aliphatic rings. The van der Waals surface area contributed by atoms with Crippen LogP contribution in [-0.2, 0) is 0 Å². The van der Waals surface area contributed by atoms with Crippen molar-refractivity contribution in [2.75, 3.05) is 24.5 Å². The maximum absolute atomic E-state index is 11.9. The summed E-state index contributed by atoms with van der Waals surface area (Å²) in [5.74, 6) is 1.25. The summed E-state index contributed by atoms with van der Waals surface area (Å²) in [5.41, 5.74) is 1.60. The topological polar surface area (TPSA) is 83.9 Å². The fourth-order valence-corrected chi connectivity index (χ4v) is 2.78. The number of nitrogens with one attached hydrogen (secondary N) is 1. The Kier molecular flexibility index (Phi) is 3.78. The van der Waals surface area contributed by atoms with Gasteiger partial charge in [-0.05, 0) is 37.5 Å². The first-order chi connectivity index (χ1) is 10.1. The van der Waals surface area contributed by atoms with E-state index < -0.39 is 0 Å². The molecule has 0 atom stereocenters. The predicted molar refractivity (Wildman–Crippen MR) is 79.5 cm³/mol. The van der Waals surface area contributed by atoms with Crippen molar-refractivity contribution in [2.45, 2.75) is 13.8 Å². The molecule has 3 heterocycles. The molecule has 1 fully saturated rings. The third-order valence-corrected chi connectivity index (χ3v) is 4.30. The van der Waals surface area contributed by atoms with Gasteiger partial charge in [-0.1, -0.05) is 4.49 Å². The van der Waals surface area contributed by atoms with Crippen LogP contribution in [0.25, 0.3) is 0 Å². The van der Waals surface area contributed by atoms with E-state index in [2.05, 4.69) is 30.0 Å². The predicted octanol–water partition coefficient (Wildman–Crippen LogP) is 0.811. The molecule has 1 saturated heterocycles. The number of aromatic nitrogens is 4. The van der Waals surface area contributed by atoms with Crippen LogP contribution in [0, 0.1) is 19.8 Å². The van der Waals surface area contributed by atoms with E-state index in [0.717, 1.165) is 36.1 Å². The Balaban J connectivity index is 1.46. The molecule has 0 saturated carbocycles. The lowest BCUT2D eigenvalue weighted by Crippen LogP contribution is -2.51. The van der Waals surface area contributed by atoms with E-state index in [1.54, 1.807) is 6.92 Å². The van der Waals surface area contributed by atoms with Crippen LogP contribution in [-0.4, -0.2) is 45.3 Å². The summed E-state index contributed by atoms with van der Waals surface area (Å²) < 4.78 is 3.77. The number of hydrogen-bond donors (Lipinski definition) is 1. The lowest BCUT2D eigenvalue weighted by Gasteiger charge is -2.39. The quantitative estimate of drug-likeness (QED) is 0.900. The van der Waals surface area contributed by atoms with Crippen LogP contribution < -0.4 is 10.2 Å². The summed E-state index contributed by atoms with van der Waals surface area (Å²) >= 11 is 1.13. The second-order valence-electron chi connectivity index (χ2n) is 5.20. The van der Waals surface area contributed by atoms with Crippen LogP contribution in [0.5, 0.6) is 0 Å². The molecule has 0 bridgehead atoms. The second-order valence-corrected chi connectivity index (χ2v) is 5.96. The van der Waals surface area contributed by atoms with Crippen LogP contribution >= 0.6 is 11.5 Å². The molecule has 0 spiro atoms. The highest BCUT2D eigenvalue weighted by atomic mass is 32.1. The lowest BCUT2D eigenvalue weighted by molar-refractivity contribution is 0.0948. The minimum atomic E-state index is -0.0870. The van der Waals surface area contributed by atoms with Gasteiger partial charge in [-0.15, -0.1) is 10.2 Å². The van der Waals surface area contributed by atoms with Gasteiger partial charge in [0.25, 0.3) is 5.91 Å². The van der Waals surface area contributed by atoms with E-state index in [9.17, 15) is 4.79 Å². The summed E-state index contributed by atoms with van der Waals surface area (Å²) in [7, 11) is 0. The Labute approximate surface area is 126 Å². The van der Waals surface area contributed by atoms with Gasteiger partial charge in [0, 0.05) is 25.6 Å². The molecular formula is C13H16N6OS. The highest BCUT2D eigenvalue weighted by Gasteiger charge is 2.28. The maximum Gasteiger partial charge on any atom is 0.264 e. The molecule has 0 aromatic carbocycles. The van der Waals surface area contributed by atoms with Crippen molar-refractivity contribution in [3.8, 4) is 0 Å². The largest absolute Gasteiger partial charge is 0.354 e. The fraction of sp³-hybridized carbons (Fsp3) is 0.462. The number of carbonyl (C=O) groups is 1. The van der Waals surface area contributed by atoms with E-state index >= 15 is 0 Å². The molecule has 0 unspecified atom stereocenters. The van der Waals surface area contributed by atoms with E-state index in [0.29, 0.717) is 23.0 Å². The highest BCUT2D eigenvalue weighted by Crippen LogP contribution is 2.21. The summed E-state index contributed by atoms with van der Waals surface area (Å²) in [5, 5.41) is 15.0. The zero-order valence-electron chi connectivity index (χ0n) is 11.9. The van der Waals surface area contributed by atoms with E-state index in [-0.39, 0.29) is 5.91 Å². The van der Waals surface area contributed by atoms with Gasteiger partial charge in [-0.25, -0.2) is 0 Å². The number of carbonyl (C=O) groups excluding carboxylic acids is 1. The molecular weight excluding hydrogens is 288 g/mol. The molecule has 1 amide bonds. The number of nitrogens with zero attached hydrogens (tertiary/aromatic N) is 5. The van der Waals surface area contributed by atoms with Gasteiger partial charge in [0.15, 0.2) is 5.82 Å². The summed E-state index contributed by atoms with van der Waals surface area (Å²) in [6.45, 7) is 6.14. The van der Waals surface area contributed by atoms with Crippen molar-refractivity contribution in [1.82, 2.24) is 25.1 Å². The summed E-state index contributed by atoms with van der Waals surface area (Å²) in [6.07, 6.45) is 0. The van der Waals surface area contributed by atoms with E-state index in [1.807, 2.05) is 19.1 Å². The SMILES string of the molecule is Cc1ccc(N2CC(CNC(=O)c3snnc3C)C2)nn1. The van der Waals surface area contributed by atoms with Crippen molar-refractivity contribution in [1.29, 1.82) is 0 Å². The van der Waals surface area contributed by atoms with Gasteiger partial charge < -0.3 is 10.2 Å². The first kappa shape index (κ1) is 13.9. The van der Waals surface area contributed by atoms with Crippen molar-refractivity contribution >= 4 is 23.3 Å². The number of hydrogen-bond acceptors (Lipinski definition) is 7. The average Bonchev–Trinajstić information content (AvgIpc) is 2.85. The van der Waals surface area contributed by atoms with Gasteiger partial charge >= 0.3 is 0 Å². The van der Waals surface area contributed by atoms with Crippen LogP contribution in [0.15, 0.2) is 12.1 Å². The Hall–Kier alpha value is -2.09. The Morgan fingerprint density at radius 2 is 2.14 bits per heavy atom. The van der Waals surface area contributed by atoms with Gasteiger partial charge in [0.05, 0.1) is 11.4 Å². The van der Waals surface area contributed by atoms with Crippen LogP contribution in [0.2, 0.25) is 0 Å². The third-order valence-electron chi connectivity index (χ3n) is 3.47. The first-order valence-corrected chi connectivity index (χ1v) is 7.53. The Morgan fingerprint density at radius 1 is 1.33 bits per heavy atom. The number of amides is 1. The van der Waals surface area contributed by atoms with Gasteiger partial charge in [0.1, 0.15) is 4.88 Å². The zero-order chi connectivity index (χ0) is 14.8. The molecule has 1 N–H and O–H groups in total. The zero-order valence-corrected chi connectivity index (χ0v) is 12.7. The molecule has 2 aromatic heterocycles. The van der Waals surface area contributed by atoms with Crippen LogP contribution in [0.3, 0.4) is 0 Å². The molecule has 7 nitrogen and oxygen atoms in total. The lowest BCUT2D eigenvalue weighted by atomic mass is 10.0. The highest BCUT2D eigenvalue weighted by molar-refractivity contribution is 7.07. The smallest absolute Gasteiger partial charge is 0.264 e. The van der Waals surface area contributed by atoms with Crippen molar-refractivity contribution in [3.63, 3.8) is 0 Å². The monoisotopic (exact) mass is 304 g/mol. The van der Waals surface area contributed by atoms with Gasteiger partial charge in [-0.3, -0.25) is 4.79 Å². The van der Waals surface area contributed by atoms with Gasteiger partial charge in [0.2, 0.25) is 0 Å². The minimum Gasteiger partial charge on any atom is -0.354 e. The molecule has 2 aromatic rings. The molecule has 21 heavy (non-hydrogen) atoms. The first-order valence-electron chi connectivity index (χ1n) is 6.76. The van der Waals surface area contributed by atoms with Crippen LogP contribution in [0.4, 0.5) is 5.82 Å². The molecule has 0 radical (unpaired) electrons. The average molecular weight is 304 g/mol. The van der Waals surface area contributed by atoms with Crippen LogP contribution in [0.1, 0.15) is 21.1 Å². The Bertz CT molecular complexity index is 634. The number of rotatable bonds is 4. The number of aryl methyl sites for hydroxylation is 2. The van der Waals surface area contributed by atoms with Crippen molar-refractivity contribution in [2.24, 2.45) is 5.92 Å². The molecule has 110 valence electrons. The molecule has 0 aliphatic carbocycles. The van der Waals surface area contributed by atoms with E-state index in [1.165, 1.54) is 0 Å². The van der Waals surface area contributed by atoms with Gasteiger partial charge in [-0.2, -0.15) is 5.10 Å². The minimum absolute atomic E-state index is 0.0870. The summed E-state index contributed by atoms with van der Waals surface area (Å²) in [4.78, 5) is 14.7.